The normalized spacial score (nSPS) is 12.9. The van der Waals surface area contributed by atoms with Crippen molar-refractivity contribution in [2.75, 3.05) is 13.7 Å². The standard InChI is InChI=1S/C16H17ClN2O2/c1-20-16-12(3-2-5-19-16)9-18-10-13-8-14(17)7-11-4-6-21-15(11)13/h2-3,5,7-8,18H,4,6,9-10H2,1H3. The molecule has 110 valence electrons. The van der Waals surface area contributed by atoms with Crippen molar-refractivity contribution in [1.29, 1.82) is 0 Å². The molecule has 21 heavy (non-hydrogen) atoms. The van der Waals surface area contributed by atoms with Crippen LogP contribution in [-0.2, 0) is 19.5 Å². The van der Waals surface area contributed by atoms with Crippen LogP contribution in [0.5, 0.6) is 11.6 Å². The number of halogens is 1. The molecule has 1 N–H and O–H groups in total. The van der Waals surface area contributed by atoms with Gasteiger partial charge in [-0.15, -0.1) is 0 Å². The minimum absolute atomic E-state index is 0.651. The van der Waals surface area contributed by atoms with Crippen LogP contribution in [0.25, 0.3) is 0 Å². The monoisotopic (exact) mass is 304 g/mol. The summed E-state index contributed by atoms with van der Waals surface area (Å²) in [6.45, 7) is 2.11. The zero-order chi connectivity index (χ0) is 14.7. The van der Waals surface area contributed by atoms with Gasteiger partial charge < -0.3 is 14.8 Å². The molecule has 5 heteroatoms. The first kappa shape index (κ1) is 14.2. The second kappa shape index (κ2) is 6.33. The maximum Gasteiger partial charge on any atom is 0.217 e. The predicted molar refractivity (Wildman–Crippen MR) is 82.0 cm³/mol. The maximum atomic E-state index is 6.16. The van der Waals surface area contributed by atoms with Crippen LogP contribution in [0.3, 0.4) is 0 Å². The van der Waals surface area contributed by atoms with Crippen molar-refractivity contribution >= 4 is 11.6 Å². The number of nitrogens with zero attached hydrogens (tertiary/aromatic N) is 1. The number of hydrogen-bond donors (Lipinski definition) is 1. The number of pyridine rings is 1. The van der Waals surface area contributed by atoms with Crippen molar-refractivity contribution in [3.8, 4) is 11.6 Å². The van der Waals surface area contributed by atoms with Crippen molar-refractivity contribution < 1.29 is 9.47 Å². The molecule has 2 heterocycles. The Morgan fingerprint density at radius 3 is 3.05 bits per heavy atom. The summed E-state index contributed by atoms with van der Waals surface area (Å²) in [7, 11) is 1.63. The lowest BCUT2D eigenvalue weighted by molar-refractivity contribution is 0.352. The Balaban J connectivity index is 1.69. The molecule has 0 amide bonds. The fraction of sp³-hybridized carbons (Fsp3) is 0.312. The topological polar surface area (TPSA) is 43.4 Å². The lowest BCUT2D eigenvalue weighted by Gasteiger charge is -2.11. The number of hydrogen-bond acceptors (Lipinski definition) is 4. The van der Waals surface area contributed by atoms with Crippen LogP contribution in [0.2, 0.25) is 5.02 Å². The van der Waals surface area contributed by atoms with Crippen molar-refractivity contribution in [2.45, 2.75) is 19.5 Å². The van der Waals surface area contributed by atoms with Crippen LogP contribution >= 0.6 is 11.6 Å². The zero-order valence-electron chi connectivity index (χ0n) is 11.9. The number of fused-ring (bicyclic) bond motifs is 1. The van der Waals surface area contributed by atoms with E-state index in [4.69, 9.17) is 21.1 Å². The van der Waals surface area contributed by atoms with Gasteiger partial charge in [0, 0.05) is 41.9 Å². The lowest BCUT2D eigenvalue weighted by atomic mass is 10.1. The summed E-state index contributed by atoms with van der Waals surface area (Å²) in [6, 6.07) is 7.84. The Morgan fingerprint density at radius 2 is 2.19 bits per heavy atom. The average molecular weight is 305 g/mol. The van der Waals surface area contributed by atoms with E-state index in [9.17, 15) is 0 Å². The van der Waals surface area contributed by atoms with Crippen LogP contribution in [0.4, 0.5) is 0 Å². The molecule has 1 aliphatic heterocycles. The van der Waals surface area contributed by atoms with Gasteiger partial charge in [0.25, 0.3) is 0 Å². The van der Waals surface area contributed by atoms with Crippen LogP contribution in [-0.4, -0.2) is 18.7 Å². The fourth-order valence-electron chi connectivity index (χ4n) is 2.55. The van der Waals surface area contributed by atoms with Crippen LogP contribution in [0.1, 0.15) is 16.7 Å². The molecule has 0 bridgehead atoms. The van der Waals surface area contributed by atoms with Gasteiger partial charge in [0.1, 0.15) is 5.75 Å². The van der Waals surface area contributed by atoms with Gasteiger partial charge in [-0.1, -0.05) is 17.7 Å². The third-order valence-corrected chi connectivity index (χ3v) is 3.72. The highest BCUT2D eigenvalue weighted by molar-refractivity contribution is 6.30. The van der Waals surface area contributed by atoms with Gasteiger partial charge in [0.2, 0.25) is 5.88 Å². The van der Waals surface area contributed by atoms with E-state index in [1.165, 1.54) is 5.56 Å². The van der Waals surface area contributed by atoms with Crippen LogP contribution < -0.4 is 14.8 Å². The molecule has 0 saturated heterocycles. The Hall–Kier alpha value is -1.78. The van der Waals surface area contributed by atoms with E-state index in [0.29, 0.717) is 19.0 Å². The summed E-state index contributed by atoms with van der Waals surface area (Å²) in [4.78, 5) is 4.19. The highest BCUT2D eigenvalue weighted by Crippen LogP contribution is 2.32. The molecule has 0 unspecified atom stereocenters. The van der Waals surface area contributed by atoms with Crippen LogP contribution in [0.15, 0.2) is 30.5 Å². The summed E-state index contributed by atoms with van der Waals surface area (Å²) >= 11 is 6.16. The Kier molecular flexibility index (Phi) is 4.27. The highest BCUT2D eigenvalue weighted by atomic mass is 35.5. The smallest absolute Gasteiger partial charge is 0.217 e. The minimum Gasteiger partial charge on any atom is -0.493 e. The van der Waals surface area contributed by atoms with Gasteiger partial charge in [-0.05, 0) is 23.8 Å². The third kappa shape index (κ3) is 3.12. The summed E-state index contributed by atoms with van der Waals surface area (Å²) in [5, 5.41) is 4.15. The number of methoxy groups -OCH3 is 1. The van der Waals surface area contributed by atoms with E-state index in [-0.39, 0.29) is 0 Å². The molecular weight excluding hydrogens is 288 g/mol. The molecule has 0 atom stereocenters. The summed E-state index contributed by atoms with van der Waals surface area (Å²) in [5.74, 6) is 1.63. The molecule has 0 radical (unpaired) electrons. The first-order valence-electron chi connectivity index (χ1n) is 6.90. The molecule has 1 aromatic carbocycles. The molecule has 4 nitrogen and oxygen atoms in total. The Bertz CT molecular complexity index is 646. The largest absolute Gasteiger partial charge is 0.493 e. The molecule has 1 aliphatic rings. The Labute approximate surface area is 129 Å². The van der Waals surface area contributed by atoms with E-state index < -0.39 is 0 Å². The van der Waals surface area contributed by atoms with Gasteiger partial charge in [-0.2, -0.15) is 0 Å². The van der Waals surface area contributed by atoms with Crippen LogP contribution in [0, 0.1) is 0 Å². The van der Waals surface area contributed by atoms with Crippen molar-refractivity contribution in [2.24, 2.45) is 0 Å². The molecule has 1 aromatic heterocycles. The van der Waals surface area contributed by atoms with Gasteiger partial charge in [0.05, 0.1) is 13.7 Å². The van der Waals surface area contributed by atoms with E-state index in [1.54, 1.807) is 13.3 Å². The van der Waals surface area contributed by atoms with Crippen molar-refractivity contribution in [3.05, 3.63) is 52.2 Å². The summed E-state index contributed by atoms with van der Waals surface area (Å²) < 4.78 is 10.9. The number of nitrogens with one attached hydrogen (secondary N) is 1. The molecule has 3 rings (SSSR count). The first-order valence-corrected chi connectivity index (χ1v) is 7.28. The molecule has 0 fully saturated rings. The predicted octanol–water partition coefficient (Wildman–Crippen LogP) is 2.97. The van der Waals surface area contributed by atoms with Gasteiger partial charge in [-0.3, -0.25) is 0 Å². The molecule has 0 aliphatic carbocycles. The van der Waals surface area contributed by atoms with Gasteiger partial charge >= 0.3 is 0 Å². The maximum absolute atomic E-state index is 6.16. The quantitative estimate of drug-likeness (QED) is 0.922. The van der Waals surface area contributed by atoms with E-state index in [1.807, 2.05) is 24.3 Å². The van der Waals surface area contributed by atoms with Crippen molar-refractivity contribution in [1.82, 2.24) is 10.3 Å². The molecule has 0 saturated carbocycles. The average Bonchev–Trinajstić information content (AvgIpc) is 2.96. The summed E-state index contributed by atoms with van der Waals surface area (Å²) in [6.07, 6.45) is 2.65. The second-order valence-electron chi connectivity index (χ2n) is 4.93. The minimum atomic E-state index is 0.651. The highest BCUT2D eigenvalue weighted by Gasteiger charge is 2.17. The molecule has 0 spiro atoms. The first-order chi connectivity index (χ1) is 10.3. The number of rotatable bonds is 5. The number of aromatic nitrogens is 1. The lowest BCUT2D eigenvalue weighted by Crippen LogP contribution is -2.14. The second-order valence-corrected chi connectivity index (χ2v) is 5.36. The number of benzene rings is 1. The summed E-state index contributed by atoms with van der Waals surface area (Å²) in [5.41, 5.74) is 3.32. The van der Waals surface area contributed by atoms with E-state index in [2.05, 4.69) is 10.3 Å². The van der Waals surface area contributed by atoms with Crippen molar-refractivity contribution in [3.63, 3.8) is 0 Å². The third-order valence-electron chi connectivity index (χ3n) is 3.50. The molecular formula is C16H17ClN2O2. The Morgan fingerprint density at radius 1 is 1.33 bits per heavy atom. The SMILES string of the molecule is COc1ncccc1CNCc1cc(Cl)cc2c1OCC2. The van der Waals surface area contributed by atoms with E-state index in [0.717, 1.165) is 34.9 Å². The number of ether oxygens (including phenoxy) is 2. The molecule has 2 aromatic rings. The fourth-order valence-corrected chi connectivity index (χ4v) is 2.82. The zero-order valence-corrected chi connectivity index (χ0v) is 12.6. The van der Waals surface area contributed by atoms with Gasteiger partial charge in [-0.25, -0.2) is 4.98 Å². The van der Waals surface area contributed by atoms with E-state index >= 15 is 0 Å². The van der Waals surface area contributed by atoms with Gasteiger partial charge in [0.15, 0.2) is 0 Å².